The van der Waals surface area contributed by atoms with Crippen molar-refractivity contribution in [2.24, 2.45) is 5.41 Å². The maximum Gasteiger partial charge on any atom is 0.152 e. The van der Waals surface area contributed by atoms with E-state index in [1.165, 1.54) is 0 Å². The molecule has 1 saturated carbocycles. The largest absolute Gasteiger partial charge is 0.374 e. The van der Waals surface area contributed by atoms with Crippen LogP contribution in [-0.2, 0) is 9.53 Å². The highest BCUT2D eigenvalue weighted by atomic mass is 79.9. The van der Waals surface area contributed by atoms with Crippen LogP contribution in [0.25, 0.3) is 0 Å². The van der Waals surface area contributed by atoms with E-state index in [1.54, 1.807) is 0 Å². The van der Waals surface area contributed by atoms with Crippen molar-refractivity contribution in [3.63, 3.8) is 0 Å². The molecule has 3 fully saturated rings. The highest BCUT2D eigenvalue weighted by Crippen LogP contribution is 2.59. The van der Waals surface area contributed by atoms with Crippen molar-refractivity contribution < 1.29 is 9.53 Å². The van der Waals surface area contributed by atoms with Crippen molar-refractivity contribution in [1.82, 2.24) is 0 Å². The van der Waals surface area contributed by atoms with Gasteiger partial charge >= 0.3 is 0 Å². The highest BCUT2D eigenvalue weighted by molar-refractivity contribution is 9.09. The van der Waals surface area contributed by atoms with Gasteiger partial charge in [0, 0.05) is 0 Å². The van der Waals surface area contributed by atoms with E-state index >= 15 is 0 Å². The topological polar surface area (TPSA) is 26.3 Å². The van der Waals surface area contributed by atoms with Gasteiger partial charge in [0.15, 0.2) is 5.78 Å². The Kier molecular flexibility index (Phi) is 1.85. The van der Waals surface area contributed by atoms with Gasteiger partial charge in [-0.05, 0) is 19.3 Å². The van der Waals surface area contributed by atoms with E-state index < -0.39 is 0 Å². The number of hydrogen-bond donors (Lipinski definition) is 0. The second-order valence-electron chi connectivity index (χ2n) is 4.02. The molecule has 2 bridgehead atoms. The van der Waals surface area contributed by atoms with Crippen molar-refractivity contribution in [3.8, 4) is 0 Å². The zero-order chi connectivity index (χ0) is 8.82. The van der Waals surface area contributed by atoms with Crippen LogP contribution in [0.15, 0.2) is 0 Å². The summed E-state index contributed by atoms with van der Waals surface area (Å²) in [7, 11) is 0. The third kappa shape index (κ3) is 0.925. The summed E-state index contributed by atoms with van der Waals surface area (Å²) in [6.45, 7) is 2.79. The van der Waals surface area contributed by atoms with E-state index in [9.17, 15) is 4.79 Å². The smallest absolute Gasteiger partial charge is 0.152 e. The number of Topliss-reactive ketones (excluding diaryl/α,β-unsaturated/α-hetero) is 1. The summed E-state index contributed by atoms with van der Waals surface area (Å²) >= 11 is 3.22. The quantitative estimate of drug-likeness (QED) is 0.696. The van der Waals surface area contributed by atoms with Crippen molar-refractivity contribution in [2.45, 2.75) is 31.8 Å². The van der Waals surface area contributed by atoms with Crippen molar-refractivity contribution in [3.05, 3.63) is 0 Å². The van der Waals surface area contributed by atoms with Gasteiger partial charge in [-0.15, -0.1) is 0 Å². The van der Waals surface area contributed by atoms with E-state index in [4.69, 9.17) is 4.74 Å². The molecule has 0 radical (unpaired) electrons. The maximum atomic E-state index is 11.5. The average Bonchev–Trinajstić information content (AvgIpc) is 2.57. The molecular formula is C9H13BrO2. The van der Waals surface area contributed by atoms with Gasteiger partial charge < -0.3 is 4.74 Å². The molecule has 68 valence electrons. The van der Waals surface area contributed by atoms with Crippen LogP contribution in [0, 0.1) is 5.41 Å². The lowest BCUT2D eigenvalue weighted by Crippen LogP contribution is -2.48. The molecule has 0 aromatic carbocycles. The van der Waals surface area contributed by atoms with Crippen molar-refractivity contribution >= 4 is 21.7 Å². The van der Waals surface area contributed by atoms with Crippen LogP contribution in [0.3, 0.4) is 0 Å². The minimum absolute atomic E-state index is 0.0812. The fourth-order valence-electron chi connectivity index (χ4n) is 2.45. The first kappa shape index (κ1) is 8.70. The van der Waals surface area contributed by atoms with Gasteiger partial charge in [0.05, 0.1) is 23.0 Å². The molecular weight excluding hydrogens is 220 g/mol. The van der Waals surface area contributed by atoms with Gasteiger partial charge in [0.2, 0.25) is 0 Å². The molecule has 2 heterocycles. The van der Waals surface area contributed by atoms with Crippen LogP contribution in [0.4, 0.5) is 0 Å². The monoisotopic (exact) mass is 232 g/mol. The summed E-state index contributed by atoms with van der Waals surface area (Å²) in [6.07, 6.45) is 2.96. The highest BCUT2D eigenvalue weighted by Gasteiger charge is 2.64. The number of carbonyl (C=O) groups is 1. The third-order valence-electron chi connectivity index (χ3n) is 3.33. The molecule has 0 aromatic heterocycles. The van der Waals surface area contributed by atoms with E-state index in [2.05, 4.69) is 22.9 Å². The summed E-state index contributed by atoms with van der Waals surface area (Å²) < 4.78 is 5.65. The molecule has 2 aliphatic heterocycles. The number of ether oxygens (including phenoxy) is 1. The van der Waals surface area contributed by atoms with Crippen molar-refractivity contribution in [1.29, 1.82) is 0 Å². The standard InChI is InChI=1S/C9H13BrO2/c1-2-9-4-8(5-9,6-12-9)7(11)3-10/h2-6H2,1H3. The average molecular weight is 233 g/mol. The molecule has 2 nitrogen and oxygen atoms in total. The van der Waals surface area contributed by atoms with Gasteiger partial charge in [-0.3, -0.25) is 4.79 Å². The van der Waals surface area contributed by atoms with Gasteiger partial charge in [-0.25, -0.2) is 0 Å². The molecule has 3 aliphatic rings. The number of rotatable bonds is 3. The zero-order valence-electron chi connectivity index (χ0n) is 7.23. The van der Waals surface area contributed by atoms with Crippen LogP contribution >= 0.6 is 15.9 Å². The lowest BCUT2D eigenvalue weighted by molar-refractivity contribution is -0.130. The zero-order valence-corrected chi connectivity index (χ0v) is 8.82. The molecule has 1 aliphatic carbocycles. The molecule has 0 atom stereocenters. The SMILES string of the molecule is CCC12CC(C(=O)CBr)(CO1)C2. The minimum atomic E-state index is -0.0977. The van der Waals surface area contributed by atoms with Crippen LogP contribution in [0.2, 0.25) is 0 Å². The van der Waals surface area contributed by atoms with E-state index in [1.807, 2.05) is 0 Å². The lowest BCUT2D eigenvalue weighted by Gasteiger charge is -2.42. The summed E-state index contributed by atoms with van der Waals surface area (Å²) in [6, 6.07) is 0. The normalized spacial score (nSPS) is 44.2. The second-order valence-corrected chi connectivity index (χ2v) is 4.58. The Morgan fingerprint density at radius 2 is 2.25 bits per heavy atom. The summed E-state index contributed by atoms with van der Waals surface area (Å²) in [4.78, 5) is 11.5. The first-order valence-electron chi connectivity index (χ1n) is 4.40. The summed E-state index contributed by atoms with van der Waals surface area (Å²) in [5.41, 5.74) is -0.0165. The van der Waals surface area contributed by atoms with Crippen LogP contribution in [-0.4, -0.2) is 23.3 Å². The van der Waals surface area contributed by atoms with Crippen LogP contribution in [0.5, 0.6) is 0 Å². The molecule has 3 rings (SSSR count). The number of carbonyl (C=O) groups excluding carboxylic acids is 1. The molecule has 0 unspecified atom stereocenters. The van der Waals surface area contributed by atoms with E-state index in [-0.39, 0.29) is 11.0 Å². The summed E-state index contributed by atoms with van der Waals surface area (Å²) in [5, 5.41) is 0.482. The maximum absolute atomic E-state index is 11.5. The fraction of sp³-hybridized carbons (Fsp3) is 0.889. The molecule has 12 heavy (non-hydrogen) atoms. The minimum Gasteiger partial charge on any atom is -0.374 e. The lowest BCUT2D eigenvalue weighted by atomic mass is 9.60. The van der Waals surface area contributed by atoms with Gasteiger partial charge in [-0.1, -0.05) is 22.9 Å². The Morgan fingerprint density at radius 1 is 1.58 bits per heavy atom. The van der Waals surface area contributed by atoms with Gasteiger partial charge in [-0.2, -0.15) is 0 Å². The molecule has 2 saturated heterocycles. The van der Waals surface area contributed by atoms with Crippen LogP contribution < -0.4 is 0 Å². The predicted octanol–water partition coefficient (Wildman–Crippen LogP) is 1.91. The van der Waals surface area contributed by atoms with Crippen molar-refractivity contribution in [2.75, 3.05) is 11.9 Å². The third-order valence-corrected chi connectivity index (χ3v) is 3.84. The Morgan fingerprint density at radius 3 is 2.67 bits per heavy atom. The molecule has 0 N–H and O–H groups in total. The number of fused-ring (bicyclic) bond motifs is 1. The van der Waals surface area contributed by atoms with Crippen LogP contribution in [0.1, 0.15) is 26.2 Å². The molecule has 0 aromatic rings. The second kappa shape index (κ2) is 2.55. The Bertz CT molecular complexity index is 219. The first-order chi connectivity index (χ1) is 5.66. The Labute approximate surface area is 80.8 Å². The Hall–Kier alpha value is 0.110. The predicted molar refractivity (Wildman–Crippen MR) is 49.4 cm³/mol. The number of ketones is 1. The van der Waals surface area contributed by atoms with Gasteiger partial charge in [0.1, 0.15) is 0 Å². The summed E-state index contributed by atoms with van der Waals surface area (Å²) in [5.74, 6) is 0.323. The number of alkyl halides is 1. The van der Waals surface area contributed by atoms with E-state index in [0.29, 0.717) is 17.7 Å². The number of hydrogen-bond acceptors (Lipinski definition) is 2. The van der Waals surface area contributed by atoms with E-state index in [0.717, 1.165) is 19.3 Å². The molecule has 0 spiro atoms. The molecule has 3 heteroatoms. The Balaban J connectivity index is 2.09. The molecule has 0 amide bonds. The number of halogens is 1. The fourth-order valence-corrected chi connectivity index (χ4v) is 3.04. The van der Waals surface area contributed by atoms with Gasteiger partial charge in [0.25, 0.3) is 0 Å². The first-order valence-corrected chi connectivity index (χ1v) is 5.52.